The van der Waals surface area contributed by atoms with E-state index in [0.29, 0.717) is 29.9 Å². The molecule has 1 aliphatic rings. The molecule has 3 aromatic rings. The van der Waals surface area contributed by atoms with E-state index in [1.807, 2.05) is 0 Å². The largest absolute Gasteiger partial charge is 0.417 e. The van der Waals surface area contributed by atoms with Crippen molar-refractivity contribution in [2.75, 3.05) is 13.1 Å². The summed E-state index contributed by atoms with van der Waals surface area (Å²) in [5.41, 5.74) is -1.59. The van der Waals surface area contributed by atoms with E-state index in [4.69, 9.17) is 0 Å². The third-order valence-electron chi connectivity index (χ3n) is 5.32. The van der Waals surface area contributed by atoms with Gasteiger partial charge >= 0.3 is 6.18 Å². The number of rotatable bonds is 5. The summed E-state index contributed by atoms with van der Waals surface area (Å²) in [4.78, 5) is -0.900. The molecule has 1 saturated heterocycles. The van der Waals surface area contributed by atoms with Crippen molar-refractivity contribution in [2.45, 2.75) is 34.9 Å². The molecule has 1 aliphatic heterocycles. The SMILES string of the molecule is Cl.O=S(=O)(NC1CCNCC1)c1cn(S(=O)(=O)c2ccccc2)c2cccc(C(F)(F)F)c12. The second-order valence-corrected chi connectivity index (χ2v) is 10.9. The van der Waals surface area contributed by atoms with E-state index in [0.717, 1.165) is 24.4 Å². The Bertz CT molecular complexity index is 1350. The Morgan fingerprint density at radius 2 is 1.58 bits per heavy atom. The maximum absolute atomic E-state index is 13.8. The Hall–Kier alpha value is -2.12. The Labute approximate surface area is 195 Å². The smallest absolute Gasteiger partial charge is 0.317 e. The standard InChI is InChI=1S/C20H20F3N3O4S2.ClH/c21-20(22,23)16-7-4-8-17-19(16)18(31(27,28)25-14-9-11-24-12-10-14)13-26(17)32(29,30)15-5-2-1-3-6-15;/h1-8,13-14,24-25H,9-12H2;1H. The van der Waals surface area contributed by atoms with Gasteiger partial charge in [-0.1, -0.05) is 24.3 Å². The molecular weight excluding hydrogens is 503 g/mol. The van der Waals surface area contributed by atoms with Crippen molar-refractivity contribution in [2.24, 2.45) is 0 Å². The quantitative estimate of drug-likeness (QED) is 0.534. The molecule has 33 heavy (non-hydrogen) atoms. The fourth-order valence-electron chi connectivity index (χ4n) is 3.79. The fourth-order valence-corrected chi connectivity index (χ4v) is 6.77. The van der Waals surface area contributed by atoms with E-state index in [9.17, 15) is 30.0 Å². The molecule has 2 aromatic carbocycles. The van der Waals surface area contributed by atoms with Crippen molar-refractivity contribution >= 4 is 43.4 Å². The molecule has 0 radical (unpaired) electrons. The first-order chi connectivity index (χ1) is 15.0. The van der Waals surface area contributed by atoms with Crippen LogP contribution in [0.1, 0.15) is 18.4 Å². The van der Waals surface area contributed by atoms with Gasteiger partial charge < -0.3 is 5.32 Å². The topological polar surface area (TPSA) is 97.3 Å². The summed E-state index contributed by atoms with van der Waals surface area (Å²) in [7, 11) is -8.81. The summed E-state index contributed by atoms with van der Waals surface area (Å²) >= 11 is 0. The van der Waals surface area contributed by atoms with Crippen LogP contribution in [-0.2, 0) is 26.2 Å². The number of hydrogen-bond acceptors (Lipinski definition) is 5. The summed E-state index contributed by atoms with van der Waals surface area (Å²) < 4.78 is 97.1. The van der Waals surface area contributed by atoms with E-state index >= 15 is 0 Å². The maximum atomic E-state index is 13.8. The molecular formula is C20H21ClF3N3O4S2. The molecule has 1 aromatic heterocycles. The van der Waals surface area contributed by atoms with Gasteiger partial charge in [0.05, 0.1) is 16.0 Å². The fraction of sp³-hybridized carbons (Fsp3) is 0.300. The minimum atomic E-state index is -4.89. The molecule has 0 atom stereocenters. The zero-order chi connectivity index (χ0) is 23.1. The van der Waals surface area contributed by atoms with Crippen LogP contribution >= 0.6 is 12.4 Å². The number of benzene rings is 2. The lowest BCUT2D eigenvalue weighted by Crippen LogP contribution is -2.42. The summed E-state index contributed by atoms with van der Waals surface area (Å²) in [6.45, 7) is 1.12. The van der Waals surface area contributed by atoms with Crippen LogP contribution in [0.15, 0.2) is 64.5 Å². The molecule has 1 fully saturated rings. The van der Waals surface area contributed by atoms with Crippen LogP contribution in [0.2, 0.25) is 0 Å². The molecule has 0 bridgehead atoms. The van der Waals surface area contributed by atoms with Crippen LogP contribution in [0.3, 0.4) is 0 Å². The molecule has 2 heterocycles. The Morgan fingerprint density at radius 1 is 0.939 bits per heavy atom. The van der Waals surface area contributed by atoms with E-state index in [1.165, 1.54) is 24.3 Å². The number of sulfonamides is 1. The lowest BCUT2D eigenvalue weighted by molar-refractivity contribution is -0.136. The number of piperidine rings is 1. The molecule has 0 saturated carbocycles. The number of aromatic nitrogens is 1. The summed E-state index contributed by atoms with van der Waals surface area (Å²) in [6, 6.07) is 9.59. The van der Waals surface area contributed by atoms with Gasteiger partial charge in [0.2, 0.25) is 10.0 Å². The van der Waals surface area contributed by atoms with Gasteiger partial charge in [0.1, 0.15) is 4.90 Å². The predicted octanol–water partition coefficient (Wildman–Crippen LogP) is 3.35. The summed E-state index contributed by atoms with van der Waals surface area (Å²) in [5, 5.41) is 2.39. The van der Waals surface area contributed by atoms with E-state index in [2.05, 4.69) is 10.0 Å². The first-order valence-corrected chi connectivity index (χ1v) is 12.7. The average molecular weight is 524 g/mol. The first-order valence-electron chi connectivity index (χ1n) is 9.77. The van der Waals surface area contributed by atoms with Gasteiger partial charge in [0.25, 0.3) is 10.0 Å². The van der Waals surface area contributed by atoms with E-state index in [-0.39, 0.29) is 22.8 Å². The molecule has 0 spiro atoms. The molecule has 180 valence electrons. The van der Waals surface area contributed by atoms with Gasteiger partial charge in [0, 0.05) is 17.6 Å². The highest BCUT2D eigenvalue weighted by Crippen LogP contribution is 2.39. The van der Waals surface area contributed by atoms with Gasteiger partial charge in [-0.2, -0.15) is 13.2 Å². The number of nitrogens with zero attached hydrogens (tertiary/aromatic N) is 1. The van der Waals surface area contributed by atoms with Crippen LogP contribution < -0.4 is 10.0 Å². The van der Waals surface area contributed by atoms with Crippen LogP contribution in [0.4, 0.5) is 13.2 Å². The van der Waals surface area contributed by atoms with E-state index < -0.39 is 48.1 Å². The molecule has 0 aliphatic carbocycles. The first kappa shape index (κ1) is 25.5. The van der Waals surface area contributed by atoms with Crippen molar-refractivity contribution in [3.63, 3.8) is 0 Å². The second-order valence-electron chi connectivity index (χ2n) is 7.45. The lowest BCUT2D eigenvalue weighted by atomic mass is 10.1. The number of alkyl halides is 3. The Balaban J connectivity index is 0.00000306. The normalized spacial score (nSPS) is 16.0. The highest BCUT2D eigenvalue weighted by molar-refractivity contribution is 7.91. The zero-order valence-electron chi connectivity index (χ0n) is 17.0. The minimum Gasteiger partial charge on any atom is -0.317 e. The van der Waals surface area contributed by atoms with E-state index in [1.54, 1.807) is 6.07 Å². The third-order valence-corrected chi connectivity index (χ3v) is 8.54. The van der Waals surface area contributed by atoms with Crippen molar-refractivity contribution in [1.82, 2.24) is 14.0 Å². The lowest BCUT2D eigenvalue weighted by Gasteiger charge is -2.23. The van der Waals surface area contributed by atoms with Crippen molar-refractivity contribution in [1.29, 1.82) is 0 Å². The zero-order valence-corrected chi connectivity index (χ0v) is 19.5. The monoisotopic (exact) mass is 523 g/mol. The van der Waals surface area contributed by atoms with Gasteiger partial charge in [-0.3, -0.25) is 0 Å². The molecule has 0 amide bonds. The Kier molecular flexibility index (Phi) is 7.16. The van der Waals surface area contributed by atoms with Crippen molar-refractivity contribution in [3.8, 4) is 0 Å². The Morgan fingerprint density at radius 3 is 2.18 bits per heavy atom. The van der Waals surface area contributed by atoms with Crippen LogP contribution in [0, 0.1) is 0 Å². The molecule has 0 unspecified atom stereocenters. The number of fused-ring (bicyclic) bond motifs is 1. The summed E-state index contributed by atoms with van der Waals surface area (Å²) in [6.07, 6.45) is -3.20. The third kappa shape index (κ3) is 4.90. The molecule has 13 heteroatoms. The van der Waals surface area contributed by atoms with Crippen LogP contribution in [0.5, 0.6) is 0 Å². The average Bonchev–Trinajstić information content (AvgIpc) is 3.15. The van der Waals surface area contributed by atoms with Crippen LogP contribution in [0.25, 0.3) is 10.9 Å². The second kappa shape index (κ2) is 9.26. The highest BCUT2D eigenvalue weighted by Gasteiger charge is 2.38. The number of nitrogens with one attached hydrogen (secondary N) is 2. The van der Waals surface area contributed by atoms with Gasteiger partial charge in [-0.05, 0) is 50.2 Å². The van der Waals surface area contributed by atoms with Gasteiger partial charge in [-0.25, -0.2) is 25.5 Å². The minimum absolute atomic E-state index is 0. The maximum Gasteiger partial charge on any atom is 0.417 e. The van der Waals surface area contributed by atoms with Crippen LogP contribution in [-0.4, -0.2) is 39.9 Å². The summed E-state index contributed by atoms with van der Waals surface area (Å²) in [5.74, 6) is 0. The number of halogens is 4. The van der Waals surface area contributed by atoms with Gasteiger partial charge in [-0.15, -0.1) is 12.4 Å². The van der Waals surface area contributed by atoms with Crippen molar-refractivity contribution < 1.29 is 30.0 Å². The van der Waals surface area contributed by atoms with Gasteiger partial charge in [0.15, 0.2) is 0 Å². The molecule has 2 N–H and O–H groups in total. The highest BCUT2D eigenvalue weighted by atomic mass is 35.5. The molecule has 4 rings (SSSR count). The number of hydrogen-bond donors (Lipinski definition) is 2. The van der Waals surface area contributed by atoms with Crippen molar-refractivity contribution in [3.05, 3.63) is 60.3 Å². The molecule has 7 nitrogen and oxygen atoms in total. The predicted molar refractivity (Wildman–Crippen MR) is 119 cm³/mol.